The summed E-state index contributed by atoms with van der Waals surface area (Å²) in [5, 5.41) is 0. The van der Waals surface area contributed by atoms with E-state index in [1.807, 2.05) is 61.5 Å². The lowest BCUT2D eigenvalue weighted by Gasteiger charge is -2.32. The predicted molar refractivity (Wildman–Crippen MR) is 100.0 cm³/mol. The highest BCUT2D eigenvalue weighted by atomic mass is 32.2. The number of nitrogens with zero attached hydrogens (tertiary/aromatic N) is 1. The van der Waals surface area contributed by atoms with Crippen molar-refractivity contribution in [2.75, 3.05) is 25.4 Å². The number of benzene rings is 2. The van der Waals surface area contributed by atoms with Crippen molar-refractivity contribution in [3.05, 3.63) is 71.3 Å². The molecule has 1 atom stereocenters. The highest BCUT2D eigenvalue weighted by molar-refractivity contribution is 7.89. The van der Waals surface area contributed by atoms with Gasteiger partial charge in [0.25, 0.3) is 0 Å². The van der Waals surface area contributed by atoms with Crippen LogP contribution in [0.5, 0.6) is 0 Å². The van der Waals surface area contributed by atoms with Gasteiger partial charge in [-0.1, -0.05) is 60.2 Å². The number of hydrogen-bond donors (Lipinski definition) is 0. The standard InChI is InChI=1S/C20H25NO3S/c1-17-9-11-19(12-10-17)20-16-21(13-14-24-20)25(22,23)15-5-8-18-6-3-2-4-7-18/h2-4,6-7,9-12,20H,5,8,13-16H2,1H3. The van der Waals surface area contributed by atoms with Gasteiger partial charge in [-0.25, -0.2) is 8.42 Å². The molecule has 0 amide bonds. The Labute approximate surface area is 150 Å². The lowest BCUT2D eigenvalue weighted by Crippen LogP contribution is -2.43. The number of ether oxygens (including phenoxy) is 1. The molecule has 1 aliphatic heterocycles. The summed E-state index contributed by atoms with van der Waals surface area (Å²) >= 11 is 0. The zero-order valence-corrected chi connectivity index (χ0v) is 15.4. The van der Waals surface area contributed by atoms with Gasteiger partial charge in [0.05, 0.1) is 18.5 Å². The van der Waals surface area contributed by atoms with E-state index in [-0.39, 0.29) is 11.9 Å². The minimum Gasteiger partial charge on any atom is -0.371 e. The molecule has 25 heavy (non-hydrogen) atoms. The van der Waals surface area contributed by atoms with Crippen molar-refractivity contribution in [3.8, 4) is 0 Å². The van der Waals surface area contributed by atoms with Crippen LogP contribution in [-0.2, 0) is 21.2 Å². The summed E-state index contributed by atoms with van der Waals surface area (Å²) < 4.78 is 32.7. The zero-order chi connectivity index (χ0) is 17.7. The molecule has 1 unspecified atom stereocenters. The van der Waals surface area contributed by atoms with Crippen LogP contribution in [0.2, 0.25) is 0 Å². The molecule has 0 N–H and O–H groups in total. The Hall–Kier alpha value is -1.69. The maximum atomic E-state index is 12.7. The summed E-state index contributed by atoms with van der Waals surface area (Å²) in [5.74, 6) is 0.183. The predicted octanol–water partition coefficient (Wildman–Crippen LogP) is 3.33. The van der Waals surface area contributed by atoms with Crippen LogP contribution in [0.15, 0.2) is 54.6 Å². The Morgan fingerprint density at radius 2 is 1.80 bits per heavy atom. The molecule has 0 radical (unpaired) electrons. The SMILES string of the molecule is Cc1ccc(C2CN(S(=O)(=O)CCCc3ccccc3)CCO2)cc1. The average Bonchev–Trinajstić information content (AvgIpc) is 2.63. The number of rotatable bonds is 6. The Balaban J connectivity index is 1.58. The molecule has 4 nitrogen and oxygen atoms in total. The quantitative estimate of drug-likeness (QED) is 0.795. The fourth-order valence-electron chi connectivity index (χ4n) is 3.09. The van der Waals surface area contributed by atoms with Crippen molar-refractivity contribution >= 4 is 10.0 Å². The van der Waals surface area contributed by atoms with Crippen molar-refractivity contribution in [1.82, 2.24) is 4.31 Å². The third-order valence-electron chi connectivity index (χ3n) is 4.58. The first-order valence-electron chi connectivity index (χ1n) is 8.74. The average molecular weight is 359 g/mol. The maximum absolute atomic E-state index is 12.7. The minimum atomic E-state index is -3.25. The van der Waals surface area contributed by atoms with Crippen LogP contribution in [0.1, 0.15) is 29.2 Å². The first-order valence-corrected chi connectivity index (χ1v) is 10.4. The minimum absolute atomic E-state index is 0.182. The third kappa shape index (κ3) is 4.91. The van der Waals surface area contributed by atoms with E-state index >= 15 is 0 Å². The van der Waals surface area contributed by atoms with Crippen molar-refractivity contribution < 1.29 is 13.2 Å². The van der Waals surface area contributed by atoms with E-state index in [4.69, 9.17) is 4.74 Å². The Morgan fingerprint density at radius 1 is 1.08 bits per heavy atom. The van der Waals surface area contributed by atoms with Crippen LogP contribution in [0.4, 0.5) is 0 Å². The fourth-order valence-corrected chi connectivity index (χ4v) is 4.58. The van der Waals surface area contributed by atoms with Gasteiger partial charge in [-0.15, -0.1) is 0 Å². The van der Waals surface area contributed by atoms with Gasteiger partial charge < -0.3 is 4.74 Å². The molecule has 2 aromatic rings. The van der Waals surface area contributed by atoms with Gasteiger partial charge in [0, 0.05) is 13.1 Å². The maximum Gasteiger partial charge on any atom is 0.214 e. The first-order chi connectivity index (χ1) is 12.0. The molecule has 0 saturated carbocycles. The molecule has 134 valence electrons. The van der Waals surface area contributed by atoms with Crippen molar-refractivity contribution in [2.24, 2.45) is 0 Å². The summed E-state index contributed by atoms with van der Waals surface area (Å²) in [7, 11) is -3.25. The monoisotopic (exact) mass is 359 g/mol. The molecule has 5 heteroatoms. The topological polar surface area (TPSA) is 46.6 Å². The molecular weight excluding hydrogens is 334 g/mol. The Morgan fingerprint density at radius 3 is 2.52 bits per heavy atom. The van der Waals surface area contributed by atoms with Crippen LogP contribution in [0, 0.1) is 6.92 Å². The van der Waals surface area contributed by atoms with Crippen LogP contribution in [-0.4, -0.2) is 38.2 Å². The van der Waals surface area contributed by atoms with E-state index in [1.165, 1.54) is 11.1 Å². The van der Waals surface area contributed by atoms with Crippen LogP contribution in [0.3, 0.4) is 0 Å². The number of sulfonamides is 1. The van der Waals surface area contributed by atoms with Gasteiger partial charge in [0.15, 0.2) is 0 Å². The number of morpholine rings is 1. The number of aryl methyl sites for hydroxylation is 2. The molecule has 1 aliphatic rings. The largest absolute Gasteiger partial charge is 0.371 e. The van der Waals surface area contributed by atoms with Gasteiger partial charge in [0.1, 0.15) is 0 Å². The third-order valence-corrected chi connectivity index (χ3v) is 6.51. The molecule has 2 aromatic carbocycles. The molecule has 0 bridgehead atoms. The summed E-state index contributed by atoms with van der Waals surface area (Å²) in [6.45, 7) is 3.32. The smallest absolute Gasteiger partial charge is 0.214 e. The second kappa shape index (κ2) is 8.13. The van der Waals surface area contributed by atoms with Gasteiger partial charge in [-0.05, 0) is 30.9 Å². The molecule has 3 rings (SSSR count). The van der Waals surface area contributed by atoms with Crippen molar-refractivity contribution in [2.45, 2.75) is 25.9 Å². The van der Waals surface area contributed by atoms with E-state index in [1.54, 1.807) is 4.31 Å². The van der Waals surface area contributed by atoms with E-state index in [2.05, 4.69) is 0 Å². The molecular formula is C20H25NO3S. The summed E-state index contributed by atoms with van der Waals surface area (Å²) in [5.41, 5.74) is 3.40. The van der Waals surface area contributed by atoms with E-state index in [0.717, 1.165) is 12.0 Å². The van der Waals surface area contributed by atoms with Gasteiger partial charge in [-0.2, -0.15) is 4.31 Å². The molecule has 0 spiro atoms. The highest BCUT2D eigenvalue weighted by Gasteiger charge is 2.29. The molecule has 1 heterocycles. The molecule has 1 fully saturated rings. The second-order valence-electron chi connectivity index (χ2n) is 6.53. The zero-order valence-electron chi connectivity index (χ0n) is 14.6. The molecule has 0 aliphatic carbocycles. The van der Waals surface area contributed by atoms with E-state index in [0.29, 0.717) is 26.1 Å². The summed E-state index contributed by atoms with van der Waals surface area (Å²) in [4.78, 5) is 0. The highest BCUT2D eigenvalue weighted by Crippen LogP contribution is 2.24. The Kier molecular flexibility index (Phi) is 5.89. The van der Waals surface area contributed by atoms with Crippen LogP contribution >= 0.6 is 0 Å². The van der Waals surface area contributed by atoms with E-state index < -0.39 is 10.0 Å². The van der Waals surface area contributed by atoms with Gasteiger partial charge >= 0.3 is 0 Å². The van der Waals surface area contributed by atoms with Crippen molar-refractivity contribution in [1.29, 1.82) is 0 Å². The number of hydrogen-bond acceptors (Lipinski definition) is 3. The fraction of sp³-hybridized carbons (Fsp3) is 0.400. The van der Waals surface area contributed by atoms with Gasteiger partial charge in [0.2, 0.25) is 10.0 Å². The van der Waals surface area contributed by atoms with Crippen LogP contribution < -0.4 is 0 Å². The lowest BCUT2D eigenvalue weighted by atomic mass is 10.1. The summed E-state index contributed by atoms with van der Waals surface area (Å²) in [6.07, 6.45) is 1.24. The van der Waals surface area contributed by atoms with Crippen molar-refractivity contribution in [3.63, 3.8) is 0 Å². The van der Waals surface area contributed by atoms with Crippen LogP contribution in [0.25, 0.3) is 0 Å². The van der Waals surface area contributed by atoms with E-state index in [9.17, 15) is 8.42 Å². The summed E-state index contributed by atoms with van der Waals surface area (Å²) in [6, 6.07) is 18.1. The first kappa shape index (κ1) is 18.1. The normalized spacial score (nSPS) is 19.0. The molecule has 1 saturated heterocycles. The lowest BCUT2D eigenvalue weighted by molar-refractivity contribution is -0.00255. The Bertz CT molecular complexity index is 772. The van der Waals surface area contributed by atoms with Gasteiger partial charge in [-0.3, -0.25) is 0 Å². The second-order valence-corrected chi connectivity index (χ2v) is 8.62. The molecule has 0 aromatic heterocycles.